The van der Waals surface area contributed by atoms with Gasteiger partial charge in [-0.1, -0.05) is 15.9 Å². The highest BCUT2D eigenvalue weighted by Gasteiger charge is 1.99. The molecule has 0 spiro atoms. The van der Waals surface area contributed by atoms with Crippen LogP contribution in [-0.4, -0.2) is 14.5 Å². The fourth-order valence-electron chi connectivity index (χ4n) is 1.10. The van der Waals surface area contributed by atoms with Crippen molar-refractivity contribution in [3.63, 3.8) is 0 Å². The lowest BCUT2D eigenvalue weighted by Gasteiger charge is -1.92. The Bertz CT molecular complexity index is 410. The third-order valence-electron chi connectivity index (χ3n) is 1.62. The molecule has 0 radical (unpaired) electrons. The third-order valence-corrected chi connectivity index (χ3v) is 2.20. The standard InChI is InChI=1S/C8H7BrN2O/c9-3-6-4-11-5-7(12)1-2-8(11)10-6/h1-2,4-5,12H,3H2. The first-order valence-electron chi connectivity index (χ1n) is 3.52. The number of fused-ring (bicyclic) bond motifs is 1. The van der Waals surface area contributed by atoms with Gasteiger partial charge in [0, 0.05) is 11.5 Å². The number of pyridine rings is 1. The molecule has 0 fully saturated rings. The van der Waals surface area contributed by atoms with Crippen LogP contribution in [0.5, 0.6) is 5.75 Å². The molecule has 0 aliphatic carbocycles. The Hall–Kier alpha value is -1.03. The molecule has 0 bridgehead atoms. The summed E-state index contributed by atoms with van der Waals surface area (Å²) in [6.45, 7) is 0. The number of alkyl halides is 1. The molecule has 0 atom stereocenters. The summed E-state index contributed by atoms with van der Waals surface area (Å²) in [5, 5.41) is 9.88. The van der Waals surface area contributed by atoms with Crippen LogP contribution >= 0.6 is 15.9 Å². The molecule has 2 aromatic rings. The lowest BCUT2D eigenvalue weighted by Crippen LogP contribution is -1.79. The SMILES string of the molecule is Oc1ccc2nc(CBr)cn2c1. The summed E-state index contributed by atoms with van der Waals surface area (Å²) in [5.41, 5.74) is 1.81. The van der Waals surface area contributed by atoms with Crippen molar-refractivity contribution in [2.24, 2.45) is 0 Å². The number of rotatable bonds is 1. The highest BCUT2D eigenvalue weighted by atomic mass is 79.9. The second-order valence-corrected chi connectivity index (χ2v) is 3.08. The minimum atomic E-state index is 0.251. The van der Waals surface area contributed by atoms with Gasteiger partial charge < -0.3 is 9.51 Å². The fourth-order valence-corrected chi connectivity index (χ4v) is 1.37. The molecule has 0 aliphatic heterocycles. The summed E-state index contributed by atoms with van der Waals surface area (Å²) in [5.74, 6) is 0.251. The van der Waals surface area contributed by atoms with E-state index in [1.165, 1.54) is 0 Å². The van der Waals surface area contributed by atoms with Crippen LogP contribution < -0.4 is 0 Å². The molecule has 4 heteroatoms. The maximum Gasteiger partial charge on any atom is 0.137 e. The fraction of sp³-hybridized carbons (Fsp3) is 0.125. The molecule has 0 amide bonds. The first-order valence-corrected chi connectivity index (χ1v) is 4.64. The zero-order valence-electron chi connectivity index (χ0n) is 6.24. The van der Waals surface area contributed by atoms with E-state index in [-0.39, 0.29) is 5.75 Å². The van der Waals surface area contributed by atoms with Gasteiger partial charge in [0.1, 0.15) is 11.4 Å². The second kappa shape index (κ2) is 2.79. The molecule has 12 heavy (non-hydrogen) atoms. The van der Waals surface area contributed by atoms with Gasteiger partial charge in [-0.3, -0.25) is 0 Å². The Morgan fingerprint density at radius 2 is 2.25 bits per heavy atom. The summed E-state index contributed by atoms with van der Waals surface area (Å²) in [6, 6.07) is 3.40. The molecule has 0 aromatic carbocycles. The maximum absolute atomic E-state index is 9.15. The average Bonchev–Trinajstić information content (AvgIpc) is 2.46. The van der Waals surface area contributed by atoms with Crippen LogP contribution in [0.1, 0.15) is 5.69 Å². The minimum absolute atomic E-state index is 0.251. The summed E-state index contributed by atoms with van der Waals surface area (Å²) in [4.78, 5) is 4.28. The molecule has 3 nitrogen and oxygen atoms in total. The number of imidazole rings is 1. The van der Waals surface area contributed by atoms with E-state index in [9.17, 15) is 0 Å². The van der Waals surface area contributed by atoms with Crippen molar-refractivity contribution in [2.45, 2.75) is 5.33 Å². The zero-order valence-corrected chi connectivity index (χ0v) is 7.82. The number of nitrogens with zero attached hydrogens (tertiary/aromatic N) is 2. The van der Waals surface area contributed by atoms with Crippen LogP contribution in [0, 0.1) is 0 Å². The zero-order chi connectivity index (χ0) is 8.55. The van der Waals surface area contributed by atoms with Gasteiger partial charge >= 0.3 is 0 Å². The van der Waals surface area contributed by atoms with Gasteiger partial charge in [0.05, 0.1) is 11.9 Å². The van der Waals surface area contributed by atoms with Gasteiger partial charge in [0.25, 0.3) is 0 Å². The van der Waals surface area contributed by atoms with E-state index in [0.29, 0.717) is 0 Å². The normalized spacial score (nSPS) is 10.8. The second-order valence-electron chi connectivity index (χ2n) is 2.52. The van der Waals surface area contributed by atoms with E-state index in [1.54, 1.807) is 22.7 Å². The molecule has 0 unspecified atom stereocenters. The number of aromatic nitrogens is 2. The topological polar surface area (TPSA) is 37.5 Å². The van der Waals surface area contributed by atoms with Gasteiger partial charge in [-0.2, -0.15) is 0 Å². The van der Waals surface area contributed by atoms with E-state index < -0.39 is 0 Å². The molecule has 0 aliphatic rings. The molecule has 0 saturated heterocycles. The Morgan fingerprint density at radius 3 is 3.00 bits per heavy atom. The molecular formula is C8H7BrN2O. The Balaban J connectivity index is 2.67. The summed E-state index contributed by atoms with van der Waals surface area (Å²) in [6.07, 6.45) is 3.51. The van der Waals surface area contributed by atoms with E-state index in [0.717, 1.165) is 16.7 Å². The quantitative estimate of drug-likeness (QED) is 0.756. The molecule has 2 rings (SSSR count). The molecule has 2 heterocycles. The van der Waals surface area contributed by atoms with Crippen molar-refractivity contribution in [3.8, 4) is 5.75 Å². The molecule has 62 valence electrons. The van der Waals surface area contributed by atoms with Crippen LogP contribution in [0.25, 0.3) is 5.65 Å². The van der Waals surface area contributed by atoms with E-state index in [1.807, 2.05) is 6.20 Å². The number of hydrogen-bond donors (Lipinski definition) is 1. The number of hydrogen-bond acceptors (Lipinski definition) is 2. The monoisotopic (exact) mass is 226 g/mol. The smallest absolute Gasteiger partial charge is 0.137 e. The van der Waals surface area contributed by atoms with E-state index >= 15 is 0 Å². The van der Waals surface area contributed by atoms with Gasteiger partial charge in [0.15, 0.2) is 0 Å². The Kier molecular flexibility index (Phi) is 1.77. The van der Waals surface area contributed by atoms with Crippen LogP contribution in [0.2, 0.25) is 0 Å². The van der Waals surface area contributed by atoms with Crippen molar-refractivity contribution in [2.75, 3.05) is 0 Å². The number of aromatic hydroxyl groups is 1. The summed E-state index contributed by atoms with van der Waals surface area (Å²) < 4.78 is 1.80. The van der Waals surface area contributed by atoms with Crippen molar-refractivity contribution >= 4 is 21.6 Å². The molecule has 2 aromatic heterocycles. The maximum atomic E-state index is 9.15. The van der Waals surface area contributed by atoms with Crippen molar-refractivity contribution in [1.82, 2.24) is 9.38 Å². The predicted octanol–water partition coefficient (Wildman–Crippen LogP) is 1.93. The van der Waals surface area contributed by atoms with Gasteiger partial charge in [-0.25, -0.2) is 4.98 Å². The lowest BCUT2D eigenvalue weighted by atomic mass is 10.4. The van der Waals surface area contributed by atoms with Crippen molar-refractivity contribution in [1.29, 1.82) is 0 Å². The highest BCUT2D eigenvalue weighted by molar-refractivity contribution is 9.08. The first kappa shape index (κ1) is 7.61. The van der Waals surface area contributed by atoms with Crippen LogP contribution in [0.3, 0.4) is 0 Å². The first-order chi connectivity index (χ1) is 5.79. The average molecular weight is 227 g/mol. The predicted molar refractivity (Wildman–Crippen MR) is 49.5 cm³/mol. The molecule has 0 saturated carbocycles. The van der Waals surface area contributed by atoms with Crippen molar-refractivity contribution < 1.29 is 5.11 Å². The van der Waals surface area contributed by atoms with E-state index in [2.05, 4.69) is 20.9 Å². The minimum Gasteiger partial charge on any atom is -0.506 e. The van der Waals surface area contributed by atoms with Crippen LogP contribution in [0.4, 0.5) is 0 Å². The van der Waals surface area contributed by atoms with Crippen LogP contribution in [-0.2, 0) is 5.33 Å². The highest BCUT2D eigenvalue weighted by Crippen LogP contribution is 2.12. The number of halogens is 1. The van der Waals surface area contributed by atoms with Crippen LogP contribution in [0.15, 0.2) is 24.5 Å². The Labute approximate surface area is 77.8 Å². The van der Waals surface area contributed by atoms with Gasteiger partial charge in [0.2, 0.25) is 0 Å². The largest absolute Gasteiger partial charge is 0.506 e. The molecule has 1 N–H and O–H groups in total. The summed E-state index contributed by atoms with van der Waals surface area (Å²) >= 11 is 3.32. The van der Waals surface area contributed by atoms with Gasteiger partial charge in [-0.15, -0.1) is 0 Å². The van der Waals surface area contributed by atoms with E-state index in [4.69, 9.17) is 5.11 Å². The summed E-state index contributed by atoms with van der Waals surface area (Å²) in [7, 11) is 0. The Morgan fingerprint density at radius 1 is 1.42 bits per heavy atom. The van der Waals surface area contributed by atoms with Gasteiger partial charge in [-0.05, 0) is 12.1 Å². The van der Waals surface area contributed by atoms with Crippen molar-refractivity contribution in [3.05, 3.63) is 30.2 Å². The molecular weight excluding hydrogens is 220 g/mol. The third kappa shape index (κ3) is 1.18. The lowest BCUT2D eigenvalue weighted by molar-refractivity contribution is 0.472.